The normalized spacial score (nSPS) is 22.5. The molecule has 1 aromatic heterocycles. The van der Waals surface area contributed by atoms with Crippen LogP contribution in [-0.2, 0) is 5.72 Å². The Morgan fingerprint density at radius 1 is 1.18 bits per heavy atom. The predicted molar refractivity (Wildman–Crippen MR) is 60.6 cm³/mol. The molecule has 1 aliphatic rings. The Bertz CT molecular complexity index is 562. The maximum atomic E-state index is 12.0. The molecule has 3 rings (SSSR count). The molecule has 4 nitrogen and oxygen atoms in total. The zero-order chi connectivity index (χ0) is 11.9. The van der Waals surface area contributed by atoms with Crippen molar-refractivity contribution >= 4 is 5.91 Å². The van der Waals surface area contributed by atoms with Crippen molar-refractivity contribution in [2.45, 2.75) is 12.6 Å². The van der Waals surface area contributed by atoms with E-state index >= 15 is 0 Å². The second-order valence-corrected chi connectivity index (χ2v) is 4.06. The van der Waals surface area contributed by atoms with E-state index in [9.17, 15) is 4.79 Å². The predicted octanol–water partition coefficient (Wildman–Crippen LogP) is 2.27. The molecule has 0 spiro atoms. The molecule has 1 N–H and O–H groups in total. The van der Waals surface area contributed by atoms with Crippen LogP contribution in [0, 0.1) is 0 Å². The molecule has 0 bridgehead atoms. The largest absolute Gasteiger partial charge is 0.463 e. The first-order chi connectivity index (χ1) is 8.19. The second kappa shape index (κ2) is 3.38. The highest BCUT2D eigenvalue weighted by molar-refractivity contribution is 5.98. The van der Waals surface area contributed by atoms with E-state index in [0.717, 1.165) is 0 Å². The average molecular weight is 229 g/mol. The van der Waals surface area contributed by atoms with Crippen molar-refractivity contribution in [2.24, 2.45) is 0 Å². The van der Waals surface area contributed by atoms with Crippen molar-refractivity contribution in [2.75, 3.05) is 0 Å². The lowest BCUT2D eigenvalue weighted by molar-refractivity contribution is 0.0137. The highest BCUT2D eigenvalue weighted by Crippen LogP contribution is 2.32. The van der Waals surface area contributed by atoms with E-state index in [2.05, 4.69) is 5.32 Å². The summed E-state index contributed by atoms with van der Waals surface area (Å²) in [6, 6.07) is 10.7. The quantitative estimate of drug-likeness (QED) is 0.816. The first-order valence-electron chi connectivity index (χ1n) is 5.33. The number of para-hydroxylation sites is 1. The van der Waals surface area contributed by atoms with Crippen molar-refractivity contribution in [1.82, 2.24) is 5.32 Å². The number of carbonyl (C=O) groups is 1. The van der Waals surface area contributed by atoms with Gasteiger partial charge in [0.15, 0.2) is 5.76 Å². The van der Waals surface area contributed by atoms with Gasteiger partial charge in [-0.15, -0.1) is 0 Å². The lowest BCUT2D eigenvalue weighted by Gasteiger charge is -2.34. The minimum absolute atomic E-state index is 0.161. The van der Waals surface area contributed by atoms with Crippen molar-refractivity contribution in [3.8, 4) is 5.75 Å². The number of rotatable bonds is 1. The highest BCUT2D eigenvalue weighted by atomic mass is 16.5. The van der Waals surface area contributed by atoms with Crippen LogP contribution in [-0.4, -0.2) is 5.91 Å². The first-order valence-corrected chi connectivity index (χ1v) is 5.33. The molecule has 0 aliphatic carbocycles. The SMILES string of the molecule is CC1(c2ccco2)NC(=O)c2ccccc2O1. The fourth-order valence-electron chi connectivity index (χ4n) is 1.93. The van der Waals surface area contributed by atoms with Crippen LogP contribution in [0.25, 0.3) is 0 Å². The third-order valence-electron chi connectivity index (χ3n) is 2.79. The number of fused-ring (bicyclic) bond motifs is 1. The van der Waals surface area contributed by atoms with Gasteiger partial charge in [-0.05, 0) is 24.3 Å². The van der Waals surface area contributed by atoms with Gasteiger partial charge in [-0.2, -0.15) is 0 Å². The van der Waals surface area contributed by atoms with Crippen molar-refractivity contribution in [3.63, 3.8) is 0 Å². The molecule has 1 amide bonds. The van der Waals surface area contributed by atoms with Crippen molar-refractivity contribution < 1.29 is 13.9 Å². The van der Waals surface area contributed by atoms with Gasteiger partial charge in [0.1, 0.15) is 5.75 Å². The van der Waals surface area contributed by atoms with E-state index in [4.69, 9.17) is 9.15 Å². The van der Waals surface area contributed by atoms with Crippen LogP contribution in [0.4, 0.5) is 0 Å². The van der Waals surface area contributed by atoms with Gasteiger partial charge in [-0.3, -0.25) is 4.79 Å². The Morgan fingerprint density at radius 3 is 2.76 bits per heavy atom. The van der Waals surface area contributed by atoms with Crippen molar-refractivity contribution in [1.29, 1.82) is 0 Å². The lowest BCUT2D eigenvalue weighted by Crippen LogP contribution is -2.51. The zero-order valence-corrected chi connectivity index (χ0v) is 9.27. The summed E-state index contributed by atoms with van der Waals surface area (Å²) in [6.45, 7) is 1.76. The molecule has 4 heteroatoms. The van der Waals surface area contributed by atoms with Crippen LogP contribution in [0.1, 0.15) is 23.0 Å². The summed E-state index contributed by atoms with van der Waals surface area (Å²) in [5.74, 6) is 0.973. The molecular weight excluding hydrogens is 218 g/mol. The molecule has 17 heavy (non-hydrogen) atoms. The van der Waals surface area contributed by atoms with Crippen LogP contribution in [0.3, 0.4) is 0 Å². The fourth-order valence-corrected chi connectivity index (χ4v) is 1.93. The van der Waals surface area contributed by atoms with Gasteiger partial charge in [0.2, 0.25) is 5.72 Å². The standard InChI is InChI=1S/C13H11NO3/c1-13(11-7-4-8-16-11)14-12(15)9-5-2-3-6-10(9)17-13/h2-8H,1H3,(H,14,15). The van der Waals surface area contributed by atoms with Gasteiger partial charge in [0.25, 0.3) is 5.91 Å². The van der Waals surface area contributed by atoms with Crippen LogP contribution < -0.4 is 10.1 Å². The molecule has 1 atom stereocenters. The number of furan rings is 1. The highest BCUT2D eigenvalue weighted by Gasteiger charge is 2.39. The van der Waals surface area contributed by atoms with E-state index in [-0.39, 0.29) is 5.91 Å². The molecule has 1 unspecified atom stereocenters. The molecule has 0 saturated carbocycles. The summed E-state index contributed by atoms with van der Waals surface area (Å²) >= 11 is 0. The van der Waals surface area contributed by atoms with Gasteiger partial charge in [0.05, 0.1) is 11.8 Å². The van der Waals surface area contributed by atoms with Gasteiger partial charge in [-0.1, -0.05) is 12.1 Å². The Morgan fingerprint density at radius 2 is 2.00 bits per heavy atom. The van der Waals surface area contributed by atoms with Gasteiger partial charge >= 0.3 is 0 Å². The lowest BCUT2D eigenvalue weighted by atomic mass is 10.1. The molecular formula is C13H11NO3. The van der Waals surface area contributed by atoms with Crippen LogP contribution >= 0.6 is 0 Å². The van der Waals surface area contributed by atoms with Gasteiger partial charge in [0, 0.05) is 6.92 Å². The summed E-state index contributed by atoms with van der Waals surface area (Å²) in [5.41, 5.74) is -0.411. The fraction of sp³-hybridized carbons (Fsp3) is 0.154. The number of carbonyl (C=O) groups excluding carboxylic acids is 1. The Balaban J connectivity index is 2.07. The van der Waals surface area contributed by atoms with E-state index in [1.807, 2.05) is 6.07 Å². The zero-order valence-electron chi connectivity index (χ0n) is 9.27. The van der Waals surface area contributed by atoms with E-state index in [1.165, 1.54) is 0 Å². The maximum absolute atomic E-state index is 12.0. The average Bonchev–Trinajstić information content (AvgIpc) is 2.83. The molecule has 0 fully saturated rings. The minimum atomic E-state index is -0.949. The third-order valence-corrected chi connectivity index (χ3v) is 2.79. The summed E-state index contributed by atoms with van der Waals surface area (Å²) in [5, 5.41) is 2.80. The van der Waals surface area contributed by atoms with Crippen molar-refractivity contribution in [3.05, 3.63) is 54.0 Å². The van der Waals surface area contributed by atoms with Gasteiger partial charge < -0.3 is 14.5 Å². The van der Waals surface area contributed by atoms with E-state index < -0.39 is 5.72 Å². The van der Waals surface area contributed by atoms with Crippen LogP contribution in [0.5, 0.6) is 5.75 Å². The summed E-state index contributed by atoms with van der Waals surface area (Å²) in [6.07, 6.45) is 1.55. The third kappa shape index (κ3) is 1.49. The maximum Gasteiger partial charge on any atom is 0.258 e. The number of benzene rings is 1. The molecule has 1 aromatic carbocycles. The topological polar surface area (TPSA) is 51.5 Å². The molecule has 2 aromatic rings. The number of amides is 1. The number of ether oxygens (including phenoxy) is 1. The molecule has 0 saturated heterocycles. The Kier molecular flexibility index (Phi) is 1.98. The monoisotopic (exact) mass is 229 g/mol. The number of hydrogen-bond acceptors (Lipinski definition) is 3. The van der Waals surface area contributed by atoms with E-state index in [0.29, 0.717) is 17.1 Å². The summed E-state index contributed by atoms with van der Waals surface area (Å²) in [4.78, 5) is 12.0. The Labute approximate surface area is 98.2 Å². The molecule has 86 valence electrons. The smallest absolute Gasteiger partial charge is 0.258 e. The number of hydrogen-bond donors (Lipinski definition) is 1. The van der Waals surface area contributed by atoms with E-state index in [1.54, 1.807) is 43.5 Å². The minimum Gasteiger partial charge on any atom is -0.463 e. The molecule has 1 aliphatic heterocycles. The molecule has 0 radical (unpaired) electrons. The van der Waals surface area contributed by atoms with Crippen LogP contribution in [0.15, 0.2) is 47.1 Å². The van der Waals surface area contributed by atoms with Gasteiger partial charge in [-0.25, -0.2) is 0 Å². The Hall–Kier alpha value is -2.23. The molecule has 2 heterocycles. The summed E-state index contributed by atoms with van der Waals surface area (Å²) < 4.78 is 11.1. The van der Waals surface area contributed by atoms with Crippen LogP contribution in [0.2, 0.25) is 0 Å². The summed E-state index contributed by atoms with van der Waals surface area (Å²) in [7, 11) is 0. The second-order valence-electron chi connectivity index (χ2n) is 4.06. The number of nitrogens with one attached hydrogen (secondary N) is 1. The first kappa shape index (κ1) is 9.96.